The molecule has 1 N–H and O–H groups in total. The third-order valence-corrected chi connectivity index (χ3v) is 5.32. The van der Waals surface area contributed by atoms with Crippen LogP contribution in [0.25, 0.3) is 0 Å². The molecule has 2 saturated carbocycles. The van der Waals surface area contributed by atoms with Crippen molar-refractivity contribution in [3.8, 4) is 0 Å². The van der Waals surface area contributed by atoms with Gasteiger partial charge in [-0.3, -0.25) is 0 Å². The van der Waals surface area contributed by atoms with Crippen LogP contribution in [-0.2, 0) is 6.42 Å². The Hall–Kier alpha value is -0.820. The highest BCUT2D eigenvalue weighted by molar-refractivity contribution is 5.27. The number of hydrogen-bond donors (Lipinski definition) is 1. The molecule has 21 heavy (non-hydrogen) atoms. The fourth-order valence-corrected chi connectivity index (χ4v) is 3.94. The molecule has 1 aromatic carbocycles. The van der Waals surface area contributed by atoms with Gasteiger partial charge in [-0.25, -0.2) is 0 Å². The third-order valence-electron chi connectivity index (χ3n) is 5.32. The monoisotopic (exact) mass is 285 g/mol. The smallest absolute Gasteiger partial charge is 0.00683 e. The molecule has 3 rings (SSSR count). The zero-order valence-corrected chi connectivity index (χ0v) is 13.6. The SMILES string of the molecule is CCCc1cccc(C2CCCCCC2CNC2CC2)c1. The van der Waals surface area contributed by atoms with Crippen LogP contribution < -0.4 is 5.32 Å². The molecule has 2 fully saturated rings. The normalized spacial score (nSPS) is 26.5. The van der Waals surface area contributed by atoms with Gasteiger partial charge in [0.2, 0.25) is 0 Å². The van der Waals surface area contributed by atoms with E-state index >= 15 is 0 Å². The largest absolute Gasteiger partial charge is 0.314 e. The Balaban J connectivity index is 1.72. The molecule has 2 unspecified atom stereocenters. The minimum Gasteiger partial charge on any atom is -0.314 e. The molecule has 1 aromatic rings. The highest BCUT2D eigenvalue weighted by Gasteiger charge is 2.28. The van der Waals surface area contributed by atoms with Gasteiger partial charge in [0.15, 0.2) is 0 Å². The highest BCUT2D eigenvalue weighted by Crippen LogP contribution is 2.37. The van der Waals surface area contributed by atoms with Crippen LogP contribution in [0.4, 0.5) is 0 Å². The van der Waals surface area contributed by atoms with Gasteiger partial charge in [-0.1, -0.05) is 56.9 Å². The maximum absolute atomic E-state index is 3.79. The van der Waals surface area contributed by atoms with Crippen LogP contribution in [0.2, 0.25) is 0 Å². The first-order valence-electron chi connectivity index (χ1n) is 9.19. The lowest BCUT2D eigenvalue weighted by Crippen LogP contribution is -2.28. The van der Waals surface area contributed by atoms with Gasteiger partial charge in [0.1, 0.15) is 0 Å². The molecular formula is C20H31N. The van der Waals surface area contributed by atoms with Crippen LogP contribution >= 0.6 is 0 Å². The molecule has 2 aliphatic rings. The summed E-state index contributed by atoms with van der Waals surface area (Å²) in [5, 5.41) is 3.79. The van der Waals surface area contributed by atoms with Gasteiger partial charge in [-0.2, -0.15) is 0 Å². The molecule has 116 valence electrons. The van der Waals surface area contributed by atoms with E-state index in [9.17, 15) is 0 Å². The van der Waals surface area contributed by atoms with Gasteiger partial charge in [0.25, 0.3) is 0 Å². The van der Waals surface area contributed by atoms with Crippen molar-refractivity contribution in [2.24, 2.45) is 5.92 Å². The summed E-state index contributed by atoms with van der Waals surface area (Å²) in [5.41, 5.74) is 3.15. The first kappa shape index (κ1) is 15.1. The van der Waals surface area contributed by atoms with Gasteiger partial charge < -0.3 is 5.32 Å². The van der Waals surface area contributed by atoms with Gasteiger partial charge in [-0.05, 0) is 61.6 Å². The lowest BCUT2D eigenvalue weighted by Gasteiger charge is -2.26. The van der Waals surface area contributed by atoms with E-state index in [-0.39, 0.29) is 0 Å². The Labute approximate surface area is 130 Å². The second-order valence-electron chi connectivity index (χ2n) is 7.18. The molecule has 2 aliphatic carbocycles. The molecule has 1 nitrogen and oxygen atoms in total. The molecule has 0 bridgehead atoms. The molecule has 0 aliphatic heterocycles. The minimum atomic E-state index is 0.788. The van der Waals surface area contributed by atoms with Gasteiger partial charge in [0, 0.05) is 6.04 Å². The minimum absolute atomic E-state index is 0.788. The molecule has 0 spiro atoms. The number of benzene rings is 1. The lowest BCUT2D eigenvalue weighted by atomic mass is 9.81. The van der Waals surface area contributed by atoms with Crippen molar-refractivity contribution in [1.82, 2.24) is 5.32 Å². The van der Waals surface area contributed by atoms with Crippen molar-refractivity contribution in [3.05, 3.63) is 35.4 Å². The van der Waals surface area contributed by atoms with Crippen molar-refractivity contribution in [2.75, 3.05) is 6.54 Å². The van der Waals surface area contributed by atoms with Crippen molar-refractivity contribution >= 4 is 0 Å². The standard InChI is InChI=1S/C20H31N/c1-2-7-16-8-6-10-17(14-16)20-11-5-3-4-9-18(20)15-21-19-12-13-19/h6,8,10,14,18-21H,2-5,7,9,11-13,15H2,1H3. The van der Waals surface area contributed by atoms with Crippen LogP contribution in [-0.4, -0.2) is 12.6 Å². The van der Waals surface area contributed by atoms with Crippen LogP contribution in [0.15, 0.2) is 24.3 Å². The molecule has 0 aromatic heterocycles. The van der Waals surface area contributed by atoms with Gasteiger partial charge in [-0.15, -0.1) is 0 Å². The van der Waals surface area contributed by atoms with Crippen LogP contribution in [0.1, 0.15) is 75.3 Å². The average molecular weight is 285 g/mol. The highest BCUT2D eigenvalue weighted by atomic mass is 14.9. The summed E-state index contributed by atoms with van der Waals surface area (Å²) < 4.78 is 0. The summed E-state index contributed by atoms with van der Waals surface area (Å²) in [6.45, 7) is 3.52. The second kappa shape index (κ2) is 7.45. The summed E-state index contributed by atoms with van der Waals surface area (Å²) in [7, 11) is 0. The number of hydrogen-bond acceptors (Lipinski definition) is 1. The van der Waals surface area contributed by atoms with E-state index in [4.69, 9.17) is 0 Å². The first-order valence-corrected chi connectivity index (χ1v) is 9.19. The Bertz CT molecular complexity index is 435. The van der Waals surface area contributed by atoms with E-state index in [0.29, 0.717) is 0 Å². The Kier molecular flexibility index (Phi) is 5.35. The van der Waals surface area contributed by atoms with Crippen LogP contribution in [0, 0.1) is 5.92 Å². The first-order chi connectivity index (χ1) is 10.4. The second-order valence-corrected chi connectivity index (χ2v) is 7.18. The summed E-state index contributed by atoms with van der Waals surface area (Å²) in [6.07, 6.45) is 12.4. The Morgan fingerprint density at radius 2 is 1.90 bits per heavy atom. The fourth-order valence-electron chi connectivity index (χ4n) is 3.94. The van der Waals surface area contributed by atoms with E-state index in [1.807, 2.05) is 0 Å². The zero-order valence-electron chi connectivity index (χ0n) is 13.6. The quantitative estimate of drug-likeness (QED) is 0.721. The maximum atomic E-state index is 3.79. The van der Waals surface area contributed by atoms with E-state index in [2.05, 4.69) is 36.5 Å². The van der Waals surface area contributed by atoms with E-state index in [1.54, 1.807) is 5.56 Å². The summed E-state index contributed by atoms with van der Waals surface area (Å²) in [4.78, 5) is 0. The molecule has 1 heteroatoms. The molecule has 0 saturated heterocycles. The molecule has 2 atom stereocenters. The molecular weight excluding hydrogens is 254 g/mol. The predicted octanol–water partition coefficient (Wildman–Crippen LogP) is 5.06. The van der Waals surface area contributed by atoms with Crippen LogP contribution in [0.5, 0.6) is 0 Å². The topological polar surface area (TPSA) is 12.0 Å². The van der Waals surface area contributed by atoms with Crippen molar-refractivity contribution in [1.29, 1.82) is 0 Å². The summed E-state index contributed by atoms with van der Waals surface area (Å²) in [6, 6.07) is 10.3. The summed E-state index contributed by atoms with van der Waals surface area (Å²) >= 11 is 0. The zero-order chi connectivity index (χ0) is 14.5. The molecule has 0 amide bonds. The van der Waals surface area contributed by atoms with E-state index in [1.165, 1.54) is 69.9 Å². The molecule has 0 heterocycles. The summed E-state index contributed by atoms with van der Waals surface area (Å²) in [5.74, 6) is 1.64. The Morgan fingerprint density at radius 3 is 2.71 bits per heavy atom. The van der Waals surface area contributed by atoms with Gasteiger partial charge in [0.05, 0.1) is 0 Å². The maximum Gasteiger partial charge on any atom is 0.00683 e. The van der Waals surface area contributed by atoms with Crippen molar-refractivity contribution in [2.45, 2.75) is 76.7 Å². The van der Waals surface area contributed by atoms with Crippen molar-refractivity contribution < 1.29 is 0 Å². The van der Waals surface area contributed by atoms with E-state index in [0.717, 1.165) is 17.9 Å². The number of aryl methyl sites for hydroxylation is 1. The van der Waals surface area contributed by atoms with E-state index < -0.39 is 0 Å². The third kappa shape index (κ3) is 4.32. The Morgan fingerprint density at radius 1 is 1.05 bits per heavy atom. The van der Waals surface area contributed by atoms with Crippen LogP contribution in [0.3, 0.4) is 0 Å². The predicted molar refractivity (Wildman–Crippen MR) is 90.8 cm³/mol. The van der Waals surface area contributed by atoms with Crippen molar-refractivity contribution in [3.63, 3.8) is 0 Å². The number of nitrogens with one attached hydrogen (secondary N) is 1. The average Bonchev–Trinajstić information content (AvgIpc) is 3.33. The van der Waals surface area contributed by atoms with Gasteiger partial charge >= 0.3 is 0 Å². The lowest BCUT2D eigenvalue weighted by molar-refractivity contribution is 0.374. The number of rotatable bonds is 6. The molecule has 0 radical (unpaired) electrons. The fraction of sp³-hybridized carbons (Fsp3) is 0.700.